The number of rotatable bonds is 5. The number of benzene rings is 2. The molecule has 1 fully saturated rings. The Kier molecular flexibility index (Phi) is 5.64. The van der Waals surface area contributed by atoms with Gasteiger partial charge in [-0.3, -0.25) is 0 Å². The predicted molar refractivity (Wildman–Crippen MR) is 124 cm³/mol. The molecule has 1 aromatic heterocycles. The quantitative estimate of drug-likeness (QED) is 0.661. The second-order valence-electron chi connectivity index (χ2n) is 8.49. The number of hydrogen-bond donors (Lipinski definition) is 1. The first-order valence-electron chi connectivity index (χ1n) is 10.8. The fraction of sp³-hybridized carbons (Fsp3) is 0.417. The Hall–Kier alpha value is -2.31. The van der Waals surface area contributed by atoms with Crippen LogP contribution >= 0.6 is 0 Å². The maximum absolute atomic E-state index is 13.7. The van der Waals surface area contributed by atoms with Crippen LogP contribution in [0.4, 0.5) is 5.69 Å². The van der Waals surface area contributed by atoms with Crippen LogP contribution in [0.25, 0.3) is 10.9 Å². The van der Waals surface area contributed by atoms with E-state index in [1.807, 2.05) is 31.2 Å². The van der Waals surface area contributed by atoms with E-state index in [9.17, 15) is 8.42 Å². The van der Waals surface area contributed by atoms with Gasteiger partial charge in [0.2, 0.25) is 0 Å². The van der Waals surface area contributed by atoms with Crippen molar-refractivity contribution in [1.82, 2.24) is 9.29 Å². The summed E-state index contributed by atoms with van der Waals surface area (Å²) in [4.78, 5) is 2.74. The van der Waals surface area contributed by atoms with Crippen molar-refractivity contribution < 1.29 is 8.42 Å². The van der Waals surface area contributed by atoms with Crippen LogP contribution in [0.3, 0.4) is 0 Å². The molecule has 30 heavy (non-hydrogen) atoms. The molecule has 0 saturated carbocycles. The van der Waals surface area contributed by atoms with Crippen LogP contribution in [0.1, 0.15) is 38.4 Å². The topological polar surface area (TPSA) is 54.3 Å². The first-order valence-corrected chi connectivity index (χ1v) is 12.2. The molecule has 6 heteroatoms. The third kappa shape index (κ3) is 3.63. The zero-order valence-electron chi connectivity index (χ0n) is 18.2. The number of aryl methyl sites for hydroxylation is 2. The monoisotopic (exact) mass is 425 g/mol. The van der Waals surface area contributed by atoms with E-state index in [1.54, 1.807) is 16.1 Å². The SMILES string of the molecule is CCCc1cc2c(N3CC(C)NCC3C)cccc2n1S(=O)(=O)c1ccc(C)cc1. The lowest BCUT2D eigenvalue weighted by Crippen LogP contribution is -2.54. The van der Waals surface area contributed by atoms with Gasteiger partial charge in [-0.05, 0) is 57.5 Å². The van der Waals surface area contributed by atoms with E-state index in [1.165, 1.54) is 0 Å². The molecule has 0 radical (unpaired) electrons. The first kappa shape index (κ1) is 20.9. The second-order valence-corrected chi connectivity index (χ2v) is 10.3. The molecule has 4 rings (SSSR count). The Balaban J connectivity index is 1.92. The summed E-state index contributed by atoms with van der Waals surface area (Å²) < 4.78 is 28.9. The van der Waals surface area contributed by atoms with Crippen molar-refractivity contribution in [1.29, 1.82) is 0 Å². The van der Waals surface area contributed by atoms with Gasteiger partial charge < -0.3 is 10.2 Å². The van der Waals surface area contributed by atoms with E-state index in [0.29, 0.717) is 23.4 Å². The van der Waals surface area contributed by atoms with Gasteiger partial charge in [0.1, 0.15) is 0 Å². The van der Waals surface area contributed by atoms with Crippen molar-refractivity contribution >= 4 is 26.6 Å². The van der Waals surface area contributed by atoms with Gasteiger partial charge in [-0.15, -0.1) is 0 Å². The Labute approximate surface area is 179 Å². The summed E-state index contributed by atoms with van der Waals surface area (Å²) in [6.07, 6.45) is 1.60. The molecule has 1 N–H and O–H groups in total. The highest BCUT2D eigenvalue weighted by atomic mass is 32.2. The van der Waals surface area contributed by atoms with Crippen LogP contribution in [-0.4, -0.2) is 37.6 Å². The molecule has 160 valence electrons. The maximum atomic E-state index is 13.7. The minimum Gasteiger partial charge on any atom is -0.365 e. The Morgan fingerprint density at radius 2 is 1.83 bits per heavy atom. The highest BCUT2D eigenvalue weighted by molar-refractivity contribution is 7.90. The van der Waals surface area contributed by atoms with Crippen LogP contribution in [0.5, 0.6) is 0 Å². The fourth-order valence-electron chi connectivity index (χ4n) is 4.38. The fourth-order valence-corrected chi connectivity index (χ4v) is 5.94. The van der Waals surface area contributed by atoms with Gasteiger partial charge >= 0.3 is 0 Å². The maximum Gasteiger partial charge on any atom is 0.268 e. The number of anilines is 1. The molecular weight excluding hydrogens is 394 g/mol. The smallest absolute Gasteiger partial charge is 0.268 e. The van der Waals surface area contributed by atoms with Gasteiger partial charge in [-0.1, -0.05) is 37.1 Å². The lowest BCUT2D eigenvalue weighted by atomic mass is 10.1. The Morgan fingerprint density at radius 3 is 2.53 bits per heavy atom. The van der Waals surface area contributed by atoms with E-state index < -0.39 is 10.0 Å². The van der Waals surface area contributed by atoms with Gasteiger partial charge in [-0.2, -0.15) is 0 Å². The molecule has 1 saturated heterocycles. The molecule has 2 unspecified atom stereocenters. The zero-order chi connectivity index (χ0) is 21.5. The normalized spacial score (nSPS) is 20.1. The number of fused-ring (bicyclic) bond motifs is 1. The standard InChI is InChI=1S/C24H31N3O2S/c1-5-7-20-14-22-23(26-16-18(3)25-15-19(26)4)8-6-9-24(22)27(20)30(28,29)21-12-10-17(2)11-13-21/h6,8-14,18-19,25H,5,7,15-16H2,1-4H3. The molecule has 0 spiro atoms. The number of aromatic nitrogens is 1. The predicted octanol–water partition coefficient (Wildman–Crippen LogP) is 4.33. The molecule has 0 bridgehead atoms. The van der Waals surface area contributed by atoms with Gasteiger partial charge in [0.25, 0.3) is 10.0 Å². The van der Waals surface area contributed by atoms with Crippen molar-refractivity contribution in [3.63, 3.8) is 0 Å². The van der Waals surface area contributed by atoms with E-state index >= 15 is 0 Å². The number of hydrogen-bond acceptors (Lipinski definition) is 4. The minimum absolute atomic E-state index is 0.331. The molecule has 2 aromatic carbocycles. The summed E-state index contributed by atoms with van der Waals surface area (Å²) in [5.74, 6) is 0. The summed E-state index contributed by atoms with van der Waals surface area (Å²) in [7, 11) is -3.68. The lowest BCUT2D eigenvalue weighted by molar-refractivity contribution is 0.426. The van der Waals surface area contributed by atoms with Crippen LogP contribution in [0.2, 0.25) is 0 Å². The van der Waals surface area contributed by atoms with Gasteiger partial charge in [0.15, 0.2) is 0 Å². The largest absolute Gasteiger partial charge is 0.365 e. The van der Waals surface area contributed by atoms with Crippen molar-refractivity contribution in [2.24, 2.45) is 0 Å². The third-order valence-electron chi connectivity index (χ3n) is 5.99. The van der Waals surface area contributed by atoms with E-state index in [-0.39, 0.29) is 0 Å². The minimum atomic E-state index is -3.68. The molecule has 3 aromatic rings. The summed E-state index contributed by atoms with van der Waals surface area (Å²) >= 11 is 0. The second kappa shape index (κ2) is 8.08. The molecule has 0 amide bonds. The number of piperazine rings is 1. The molecule has 1 aliphatic rings. The van der Waals surface area contributed by atoms with Gasteiger partial charge in [-0.25, -0.2) is 12.4 Å². The molecule has 0 aliphatic carbocycles. The molecule has 1 aliphatic heterocycles. The van der Waals surface area contributed by atoms with E-state index in [0.717, 1.165) is 47.4 Å². The van der Waals surface area contributed by atoms with Crippen LogP contribution < -0.4 is 10.2 Å². The van der Waals surface area contributed by atoms with Crippen molar-refractivity contribution in [3.05, 3.63) is 59.8 Å². The molecular formula is C24H31N3O2S. The van der Waals surface area contributed by atoms with Crippen molar-refractivity contribution in [3.8, 4) is 0 Å². The van der Waals surface area contributed by atoms with Crippen molar-refractivity contribution in [2.45, 2.75) is 57.5 Å². The van der Waals surface area contributed by atoms with Gasteiger partial charge in [0.05, 0.1) is 10.4 Å². The van der Waals surface area contributed by atoms with E-state index in [2.05, 4.69) is 43.1 Å². The molecule has 5 nitrogen and oxygen atoms in total. The van der Waals surface area contributed by atoms with Crippen LogP contribution in [0, 0.1) is 6.92 Å². The first-order chi connectivity index (χ1) is 14.3. The Morgan fingerprint density at radius 1 is 1.10 bits per heavy atom. The highest BCUT2D eigenvalue weighted by Gasteiger charge is 2.27. The average Bonchev–Trinajstić information content (AvgIpc) is 3.09. The van der Waals surface area contributed by atoms with Crippen LogP contribution in [0.15, 0.2) is 53.4 Å². The highest BCUT2D eigenvalue weighted by Crippen LogP contribution is 2.34. The van der Waals surface area contributed by atoms with Crippen molar-refractivity contribution in [2.75, 3.05) is 18.0 Å². The summed E-state index contributed by atoms with van der Waals surface area (Å²) in [5, 5.41) is 4.54. The summed E-state index contributed by atoms with van der Waals surface area (Å²) in [5.41, 5.74) is 3.76. The summed E-state index contributed by atoms with van der Waals surface area (Å²) in [6, 6.07) is 16.0. The van der Waals surface area contributed by atoms with Crippen LogP contribution in [-0.2, 0) is 16.4 Å². The molecule has 2 atom stereocenters. The zero-order valence-corrected chi connectivity index (χ0v) is 19.0. The molecule has 2 heterocycles. The number of nitrogens with zero attached hydrogens (tertiary/aromatic N) is 2. The van der Waals surface area contributed by atoms with E-state index in [4.69, 9.17) is 0 Å². The average molecular weight is 426 g/mol. The number of nitrogens with one attached hydrogen (secondary N) is 1. The van der Waals surface area contributed by atoms with Gasteiger partial charge in [0, 0.05) is 41.9 Å². The third-order valence-corrected chi connectivity index (χ3v) is 7.77. The summed E-state index contributed by atoms with van der Waals surface area (Å²) in [6.45, 7) is 10.3. The Bertz CT molecular complexity index is 1150. The lowest BCUT2D eigenvalue weighted by Gasteiger charge is -2.39.